The highest BCUT2D eigenvalue weighted by Gasteiger charge is 2.59. The summed E-state index contributed by atoms with van der Waals surface area (Å²) in [6, 6.07) is 0.828. The second-order valence-electron chi connectivity index (χ2n) is 10.5. The van der Waals surface area contributed by atoms with Crippen LogP contribution >= 0.6 is 0 Å². The van der Waals surface area contributed by atoms with Crippen LogP contribution < -0.4 is 5.32 Å². The van der Waals surface area contributed by atoms with Gasteiger partial charge in [0, 0.05) is 6.04 Å². The van der Waals surface area contributed by atoms with Crippen LogP contribution in [0.5, 0.6) is 0 Å². The molecule has 132 valence electrons. The zero-order valence-electron chi connectivity index (χ0n) is 16.0. The van der Waals surface area contributed by atoms with Crippen molar-refractivity contribution >= 4 is 0 Å². The molecule has 0 amide bonds. The monoisotopic (exact) mass is 317 g/mol. The molecule has 0 radical (unpaired) electrons. The van der Waals surface area contributed by atoms with Crippen LogP contribution in [-0.2, 0) is 0 Å². The van der Waals surface area contributed by atoms with Gasteiger partial charge < -0.3 is 5.32 Å². The summed E-state index contributed by atoms with van der Waals surface area (Å²) < 4.78 is 0. The van der Waals surface area contributed by atoms with Crippen LogP contribution in [0.1, 0.15) is 85.5 Å². The highest BCUT2D eigenvalue weighted by atomic mass is 15.0. The third-order valence-corrected chi connectivity index (χ3v) is 9.09. The molecule has 3 aliphatic carbocycles. The summed E-state index contributed by atoms with van der Waals surface area (Å²) in [6.07, 6.45) is 13.4. The Morgan fingerprint density at radius 3 is 2.48 bits per heavy atom. The molecule has 4 aliphatic rings. The molecule has 5 unspecified atom stereocenters. The van der Waals surface area contributed by atoms with Gasteiger partial charge in [0.25, 0.3) is 0 Å². The Morgan fingerprint density at radius 2 is 1.70 bits per heavy atom. The van der Waals surface area contributed by atoms with Crippen LogP contribution in [0, 0.1) is 40.4 Å². The molecular formula is C22H39N. The minimum atomic E-state index is 0.610. The van der Waals surface area contributed by atoms with Crippen LogP contribution in [0.25, 0.3) is 0 Å². The van der Waals surface area contributed by atoms with E-state index in [0.29, 0.717) is 10.8 Å². The van der Waals surface area contributed by atoms with Crippen LogP contribution in [0.2, 0.25) is 0 Å². The lowest BCUT2D eigenvalue weighted by atomic mass is 9.48. The molecule has 0 spiro atoms. The third kappa shape index (κ3) is 2.43. The first-order chi connectivity index (χ1) is 10.9. The van der Waals surface area contributed by atoms with Crippen molar-refractivity contribution in [3.05, 3.63) is 0 Å². The van der Waals surface area contributed by atoms with Crippen LogP contribution in [0.15, 0.2) is 0 Å². The lowest BCUT2D eigenvalue weighted by molar-refractivity contribution is -0.0922. The lowest BCUT2D eigenvalue weighted by Crippen LogP contribution is -2.62. The zero-order valence-corrected chi connectivity index (χ0v) is 16.0. The highest BCUT2D eigenvalue weighted by molar-refractivity contribution is 5.10. The van der Waals surface area contributed by atoms with E-state index in [4.69, 9.17) is 0 Å². The summed E-state index contributed by atoms with van der Waals surface area (Å²) in [5, 5.41) is 4.05. The summed E-state index contributed by atoms with van der Waals surface area (Å²) in [5.41, 5.74) is 1.27. The normalized spacial score (nSPS) is 52.8. The summed E-state index contributed by atoms with van der Waals surface area (Å²) in [6.45, 7) is 11.5. The first-order valence-electron chi connectivity index (χ1n) is 10.7. The molecule has 1 N–H and O–H groups in total. The Morgan fingerprint density at radius 1 is 0.913 bits per heavy atom. The molecule has 1 heteroatoms. The van der Waals surface area contributed by atoms with Crippen LogP contribution in [0.3, 0.4) is 0 Å². The molecule has 0 aromatic heterocycles. The Hall–Kier alpha value is -0.0400. The molecule has 23 heavy (non-hydrogen) atoms. The third-order valence-electron chi connectivity index (χ3n) is 9.09. The van der Waals surface area contributed by atoms with Crippen molar-refractivity contribution in [1.82, 2.24) is 5.32 Å². The predicted molar refractivity (Wildman–Crippen MR) is 98.4 cm³/mol. The Bertz CT molecular complexity index is 443. The van der Waals surface area contributed by atoms with Crippen molar-refractivity contribution in [1.29, 1.82) is 0 Å². The van der Waals surface area contributed by atoms with E-state index in [1.807, 2.05) is 0 Å². The minimum absolute atomic E-state index is 0.610. The molecule has 0 aromatic carbocycles. The van der Waals surface area contributed by atoms with Gasteiger partial charge in [-0.3, -0.25) is 0 Å². The van der Waals surface area contributed by atoms with E-state index in [0.717, 1.165) is 35.6 Å². The molecule has 7 atom stereocenters. The van der Waals surface area contributed by atoms with Gasteiger partial charge in [-0.2, -0.15) is 0 Å². The number of hydrogen-bond acceptors (Lipinski definition) is 1. The van der Waals surface area contributed by atoms with Gasteiger partial charge in [-0.15, -0.1) is 0 Å². The maximum Gasteiger partial charge on any atom is 0.0124 e. The standard InChI is InChI=1S/C22H39N/c1-15(2)13-16-8-9-18-17-14-23-20-7-5-6-11-22(20,4)19(17)10-12-21(16,18)3/h15-20,23H,5-14H2,1-4H3/t16?,17?,18?,19?,20?,21-,22-/m1/s1. The second-order valence-corrected chi connectivity index (χ2v) is 10.5. The number of rotatable bonds is 2. The smallest absolute Gasteiger partial charge is 0.0124 e. The Kier molecular flexibility index (Phi) is 4.11. The number of hydrogen-bond donors (Lipinski definition) is 1. The van der Waals surface area contributed by atoms with E-state index in [9.17, 15) is 0 Å². The first kappa shape index (κ1) is 16.4. The maximum absolute atomic E-state index is 4.05. The molecule has 1 aliphatic heterocycles. The molecular weight excluding hydrogens is 278 g/mol. The van der Waals surface area contributed by atoms with Gasteiger partial charge in [-0.1, -0.05) is 40.5 Å². The first-order valence-corrected chi connectivity index (χ1v) is 10.7. The fourth-order valence-electron chi connectivity index (χ4n) is 7.87. The molecule has 0 bridgehead atoms. The van der Waals surface area contributed by atoms with Gasteiger partial charge in [-0.05, 0) is 91.9 Å². The number of piperidine rings is 1. The molecule has 0 aromatic rings. The van der Waals surface area contributed by atoms with E-state index < -0.39 is 0 Å². The molecule has 1 saturated heterocycles. The maximum atomic E-state index is 4.05. The van der Waals surface area contributed by atoms with Gasteiger partial charge >= 0.3 is 0 Å². The van der Waals surface area contributed by atoms with Gasteiger partial charge in [0.1, 0.15) is 0 Å². The molecule has 1 nitrogen and oxygen atoms in total. The van der Waals surface area contributed by atoms with Crippen molar-refractivity contribution in [2.75, 3.05) is 6.54 Å². The van der Waals surface area contributed by atoms with E-state index in [1.54, 1.807) is 0 Å². The van der Waals surface area contributed by atoms with Crippen LogP contribution in [-0.4, -0.2) is 12.6 Å². The fraction of sp³-hybridized carbons (Fsp3) is 1.00. The summed E-state index contributed by atoms with van der Waals surface area (Å²) in [4.78, 5) is 0. The molecule has 3 saturated carbocycles. The Balaban J connectivity index is 1.57. The summed E-state index contributed by atoms with van der Waals surface area (Å²) >= 11 is 0. The van der Waals surface area contributed by atoms with Crippen LogP contribution in [0.4, 0.5) is 0 Å². The molecule has 1 heterocycles. The lowest BCUT2D eigenvalue weighted by Gasteiger charge is -2.60. The minimum Gasteiger partial charge on any atom is -0.313 e. The number of nitrogens with one attached hydrogen (secondary N) is 1. The SMILES string of the molecule is CC(C)CC1CCC2C3CNC4CCCC[C@]4(C)C3CC[C@]12C. The van der Waals surface area contributed by atoms with Crippen molar-refractivity contribution < 1.29 is 0 Å². The summed E-state index contributed by atoms with van der Waals surface area (Å²) in [7, 11) is 0. The molecule has 4 rings (SSSR count). The fourth-order valence-corrected chi connectivity index (χ4v) is 7.87. The Labute approximate surface area is 144 Å². The van der Waals surface area contributed by atoms with Crippen molar-refractivity contribution in [3.63, 3.8) is 0 Å². The van der Waals surface area contributed by atoms with Crippen molar-refractivity contribution in [3.8, 4) is 0 Å². The number of fused-ring (bicyclic) bond motifs is 5. The van der Waals surface area contributed by atoms with E-state index in [-0.39, 0.29) is 0 Å². The van der Waals surface area contributed by atoms with Crippen molar-refractivity contribution in [2.24, 2.45) is 40.4 Å². The molecule has 4 fully saturated rings. The second kappa shape index (κ2) is 5.75. The van der Waals surface area contributed by atoms with E-state index in [2.05, 4.69) is 33.0 Å². The topological polar surface area (TPSA) is 12.0 Å². The highest BCUT2D eigenvalue weighted by Crippen LogP contribution is 2.64. The summed E-state index contributed by atoms with van der Waals surface area (Å²) in [5.74, 6) is 4.88. The average molecular weight is 318 g/mol. The average Bonchev–Trinajstić information content (AvgIpc) is 2.83. The van der Waals surface area contributed by atoms with Gasteiger partial charge in [0.2, 0.25) is 0 Å². The van der Waals surface area contributed by atoms with Gasteiger partial charge in [0.15, 0.2) is 0 Å². The quantitative estimate of drug-likeness (QED) is 0.694. The van der Waals surface area contributed by atoms with Gasteiger partial charge in [0.05, 0.1) is 0 Å². The van der Waals surface area contributed by atoms with E-state index >= 15 is 0 Å². The zero-order chi connectivity index (χ0) is 16.2. The van der Waals surface area contributed by atoms with Gasteiger partial charge in [-0.25, -0.2) is 0 Å². The van der Waals surface area contributed by atoms with E-state index in [1.165, 1.54) is 64.3 Å². The largest absolute Gasteiger partial charge is 0.313 e. The van der Waals surface area contributed by atoms with Crippen molar-refractivity contribution in [2.45, 2.75) is 91.5 Å². The predicted octanol–water partition coefficient (Wildman–Crippen LogP) is 5.64.